The van der Waals surface area contributed by atoms with E-state index in [2.05, 4.69) is 10.2 Å². The maximum Gasteiger partial charge on any atom is 0.339 e. The molecule has 0 saturated heterocycles. The Morgan fingerprint density at radius 1 is 1.19 bits per heavy atom. The molecule has 3 rings (SSSR count). The molecule has 8 heteroatoms. The highest BCUT2D eigenvalue weighted by molar-refractivity contribution is 7.17. The summed E-state index contributed by atoms with van der Waals surface area (Å²) in [6.45, 7) is 1.46. The van der Waals surface area contributed by atoms with Crippen LogP contribution < -0.4 is 14.8 Å². The van der Waals surface area contributed by atoms with Gasteiger partial charge in [-0.05, 0) is 31.2 Å². The number of nitrogens with zero attached hydrogens (tertiary/aromatic N) is 1. The second-order valence-corrected chi connectivity index (χ2v) is 7.10. The molecule has 0 aliphatic carbocycles. The molecule has 0 radical (unpaired) electrons. The topological polar surface area (TPSA) is 88.1 Å². The summed E-state index contributed by atoms with van der Waals surface area (Å²) in [5, 5.41) is 12.7. The van der Waals surface area contributed by atoms with Gasteiger partial charge in [0, 0.05) is 18.0 Å². The Morgan fingerprint density at radius 2 is 1.85 bits per heavy atom. The average Bonchev–Trinajstić information content (AvgIpc) is 2.97. The molecule has 0 fully saturated rings. The van der Waals surface area contributed by atoms with Crippen molar-refractivity contribution in [2.45, 2.75) is 13.0 Å². The number of carboxylic acids is 1. The SMILES string of the molecule is COc1cccc(OC)c1C(=O)Nc1sc2c(c1C(=O)O)CCN(C)C2. The number of thiophene rings is 1. The largest absolute Gasteiger partial charge is 0.496 e. The first-order valence-electron chi connectivity index (χ1n) is 8.05. The van der Waals surface area contributed by atoms with Crippen molar-refractivity contribution in [3.63, 3.8) is 0 Å². The molecule has 1 aromatic heterocycles. The van der Waals surface area contributed by atoms with Crippen molar-refractivity contribution in [2.24, 2.45) is 0 Å². The lowest BCUT2D eigenvalue weighted by Gasteiger charge is -2.22. The number of likely N-dealkylation sites (N-methyl/N-ethyl adjacent to an activating group) is 1. The molecule has 0 saturated carbocycles. The number of aromatic carboxylic acids is 1. The summed E-state index contributed by atoms with van der Waals surface area (Å²) in [7, 11) is 4.92. The fourth-order valence-electron chi connectivity index (χ4n) is 3.09. The zero-order chi connectivity index (χ0) is 18.8. The molecule has 0 spiro atoms. The van der Waals surface area contributed by atoms with Crippen LogP contribution in [0.2, 0.25) is 0 Å². The van der Waals surface area contributed by atoms with Crippen molar-refractivity contribution in [3.8, 4) is 11.5 Å². The van der Waals surface area contributed by atoms with Crippen molar-refractivity contribution in [3.05, 3.63) is 39.8 Å². The van der Waals surface area contributed by atoms with Gasteiger partial charge in [-0.25, -0.2) is 4.79 Å². The first kappa shape index (κ1) is 18.2. The van der Waals surface area contributed by atoms with Gasteiger partial charge in [0.15, 0.2) is 0 Å². The molecule has 1 aliphatic rings. The summed E-state index contributed by atoms with van der Waals surface area (Å²) >= 11 is 1.31. The van der Waals surface area contributed by atoms with Gasteiger partial charge in [-0.15, -0.1) is 11.3 Å². The van der Waals surface area contributed by atoms with Gasteiger partial charge in [0.1, 0.15) is 22.1 Å². The highest BCUT2D eigenvalue weighted by Gasteiger charge is 2.29. The highest BCUT2D eigenvalue weighted by Crippen LogP contribution is 2.38. The zero-order valence-electron chi connectivity index (χ0n) is 14.8. The van der Waals surface area contributed by atoms with Crippen molar-refractivity contribution in [1.29, 1.82) is 0 Å². The minimum Gasteiger partial charge on any atom is -0.496 e. The first-order chi connectivity index (χ1) is 12.5. The Morgan fingerprint density at radius 3 is 2.42 bits per heavy atom. The molecule has 0 bridgehead atoms. The van der Waals surface area contributed by atoms with Crippen LogP contribution in [0.1, 0.15) is 31.2 Å². The number of hydrogen-bond donors (Lipinski definition) is 2. The van der Waals surface area contributed by atoms with Gasteiger partial charge in [-0.2, -0.15) is 0 Å². The van der Waals surface area contributed by atoms with E-state index >= 15 is 0 Å². The maximum absolute atomic E-state index is 12.9. The van der Waals surface area contributed by atoms with Gasteiger partial charge in [-0.1, -0.05) is 6.07 Å². The summed E-state index contributed by atoms with van der Waals surface area (Å²) in [4.78, 5) is 27.7. The zero-order valence-corrected chi connectivity index (χ0v) is 15.6. The van der Waals surface area contributed by atoms with Gasteiger partial charge < -0.3 is 24.8 Å². The number of nitrogens with one attached hydrogen (secondary N) is 1. The van der Waals surface area contributed by atoms with E-state index in [9.17, 15) is 14.7 Å². The number of fused-ring (bicyclic) bond motifs is 1. The second kappa shape index (κ2) is 7.35. The van der Waals surface area contributed by atoms with Crippen molar-refractivity contribution in [1.82, 2.24) is 4.90 Å². The van der Waals surface area contributed by atoms with Crippen LogP contribution in [0.4, 0.5) is 5.00 Å². The number of benzene rings is 1. The van der Waals surface area contributed by atoms with Crippen molar-refractivity contribution in [2.75, 3.05) is 33.1 Å². The molecule has 0 atom stereocenters. The normalized spacial score (nSPS) is 13.8. The number of hydrogen-bond acceptors (Lipinski definition) is 6. The molecule has 2 heterocycles. The highest BCUT2D eigenvalue weighted by atomic mass is 32.1. The molecule has 2 aromatic rings. The minimum atomic E-state index is -1.03. The lowest BCUT2D eigenvalue weighted by atomic mass is 10.0. The first-order valence-corrected chi connectivity index (χ1v) is 8.86. The maximum atomic E-state index is 12.9. The van der Waals surface area contributed by atoms with Crippen LogP contribution in [0.15, 0.2) is 18.2 Å². The van der Waals surface area contributed by atoms with Crippen LogP contribution in [-0.2, 0) is 13.0 Å². The summed E-state index contributed by atoms with van der Waals surface area (Å²) in [6, 6.07) is 5.03. The summed E-state index contributed by atoms with van der Waals surface area (Å²) in [5.41, 5.74) is 1.22. The van der Waals surface area contributed by atoms with Gasteiger partial charge in [0.25, 0.3) is 5.91 Å². The van der Waals surface area contributed by atoms with E-state index in [1.807, 2.05) is 7.05 Å². The number of ether oxygens (including phenoxy) is 2. The van der Waals surface area contributed by atoms with Crippen LogP contribution >= 0.6 is 11.3 Å². The van der Waals surface area contributed by atoms with Gasteiger partial charge >= 0.3 is 5.97 Å². The third-order valence-corrected chi connectivity index (χ3v) is 5.48. The van der Waals surface area contributed by atoms with Gasteiger partial charge in [0.2, 0.25) is 0 Å². The van der Waals surface area contributed by atoms with E-state index in [-0.39, 0.29) is 11.1 Å². The molecule has 0 unspecified atom stereocenters. The molecular formula is C18H20N2O5S. The number of methoxy groups -OCH3 is 2. The number of carbonyl (C=O) groups excluding carboxylic acids is 1. The molecule has 2 N–H and O–H groups in total. The Labute approximate surface area is 155 Å². The van der Waals surface area contributed by atoms with E-state index < -0.39 is 11.9 Å². The van der Waals surface area contributed by atoms with E-state index in [0.29, 0.717) is 29.5 Å². The second-order valence-electron chi connectivity index (χ2n) is 5.99. The fraction of sp³-hybridized carbons (Fsp3) is 0.333. The van der Waals surface area contributed by atoms with E-state index in [1.54, 1.807) is 18.2 Å². The molecule has 26 heavy (non-hydrogen) atoms. The molecule has 1 aliphatic heterocycles. The number of rotatable bonds is 5. The number of amides is 1. The van der Waals surface area contributed by atoms with E-state index in [1.165, 1.54) is 25.6 Å². The van der Waals surface area contributed by atoms with Crippen molar-refractivity contribution < 1.29 is 24.2 Å². The Balaban J connectivity index is 2.00. The number of anilines is 1. The quantitative estimate of drug-likeness (QED) is 0.834. The van der Waals surface area contributed by atoms with Crippen LogP contribution in [0.5, 0.6) is 11.5 Å². The lowest BCUT2D eigenvalue weighted by molar-refractivity contribution is 0.0696. The Kier molecular flexibility index (Phi) is 5.15. The summed E-state index contributed by atoms with van der Waals surface area (Å²) in [5.74, 6) is -0.775. The van der Waals surface area contributed by atoms with Gasteiger partial charge in [0.05, 0.1) is 19.8 Å². The predicted octanol–water partition coefficient (Wildman–Crippen LogP) is 2.70. The van der Waals surface area contributed by atoms with Gasteiger partial charge in [-0.3, -0.25) is 4.79 Å². The van der Waals surface area contributed by atoms with E-state index in [4.69, 9.17) is 9.47 Å². The average molecular weight is 376 g/mol. The van der Waals surface area contributed by atoms with Crippen LogP contribution in [0.3, 0.4) is 0 Å². The van der Waals surface area contributed by atoms with Crippen LogP contribution in [0, 0.1) is 0 Å². The standard InChI is InChI=1S/C18H20N2O5S/c1-20-8-7-10-13(9-20)26-17(14(10)18(22)23)19-16(21)15-11(24-2)5-4-6-12(15)25-3/h4-6H,7-9H2,1-3H3,(H,19,21)(H,22,23). The molecule has 1 amide bonds. The smallest absolute Gasteiger partial charge is 0.339 e. The number of carboxylic acid groups (broad SMARTS) is 1. The van der Waals surface area contributed by atoms with Crippen LogP contribution in [0.25, 0.3) is 0 Å². The summed E-state index contributed by atoms with van der Waals surface area (Å²) < 4.78 is 10.5. The Bertz CT molecular complexity index is 839. The minimum absolute atomic E-state index is 0.181. The number of carbonyl (C=O) groups is 2. The van der Waals surface area contributed by atoms with Crippen LogP contribution in [-0.4, -0.2) is 49.7 Å². The summed E-state index contributed by atoms with van der Waals surface area (Å²) in [6.07, 6.45) is 0.651. The molecule has 1 aromatic carbocycles. The molecule has 138 valence electrons. The third kappa shape index (κ3) is 3.25. The van der Waals surface area contributed by atoms with Crippen molar-refractivity contribution >= 4 is 28.2 Å². The fourth-order valence-corrected chi connectivity index (χ4v) is 4.40. The molecular weight excluding hydrogens is 356 g/mol. The predicted molar refractivity (Wildman–Crippen MR) is 98.8 cm³/mol. The lowest BCUT2D eigenvalue weighted by Crippen LogP contribution is -2.26. The Hall–Kier alpha value is -2.58. The third-order valence-electron chi connectivity index (χ3n) is 4.34. The monoisotopic (exact) mass is 376 g/mol. The van der Waals surface area contributed by atoms with E-state index in [0.717, 1.165) is 17.0 Å². The molecule has 7 nitrogen and oxygen atoms in total.